The average molecular weight is 529 g/mol. The van der Waals surface area contributed by atoms with Crippen LogP contribution < -0.4 is 0 Å². The van der Waals surface area contributed by atoms with E-state index in [1.165, 1.54) is 0 Å². The van der Waals surface area contributed by atoms with Gasteiger partial charge in [0.05, 0.1) is 11.8 Å². The van der Waals surface area contributed by atoms with E-state index in [4.69, 9.17) is 0 Å². The third-order valence-electron chi connectivity index (χ3n) is 4.55. The average Bonchev–Trinajstić information content (AvgIpc) is 2.48. The van der Waals surface area contributed by atoms with Crippen molar-refractivity contribution in [1.29, 1.82) is 0 Å². The molecule has 3 atom stereocenters. The second-order valence-electron chi connectivity index (χ2n) is 7.51. The van der Waals surface area contributed by atoms with Gasteiger partial charge in [-0.15, -0.1) is 0 Å². The number of halogens is 16. The van der Waals surface area contributed by atoms with E-state index < -0.39 is 98.5 Å². The molecule has 1 aliphatic rings. The Kier molecular flexibility index (Phi) is 8.54. The second kappa shape index (κ2) is 9.45. The molecule has 18 heteroatoms. The summed E-state index contributed by atoms with van der Waals surface area (Å²) < 4.78 is 212. The first-order valence-corrected chi connectivity index (χ1v) is 8.69. The molecule has 1 fully saturated rings. The first-order valence-electron chi connectivity index (χ1n) is 8.69. The SMILES string of the molecule is FC(F)(F)CC(F)(F)COCC(F)(F)C(N1CC(C(F)(F)F)CC(C(F)(F)F)C1)C(F)(F)F. The van der Waals surface area contributed by atoms with Gasteiger partial charge in [-0.3, -0.25) is 4.90 Å². The van der Waals surface area contributed by atoms with Crippen molar-refractivity contribution in [1.82, 2.24) is 4.90 Å². The Balaban J connectivity index is 3.13. The van der Waals surface area contributed by atoms with Gasteiger partial charge in [0.25, 0.3) is 11.8 Å². The summed E-state index contributed by atoms with van der Waals surface area (Å²) in [5.41, 5.74) is 0. The number of hydrogen-bond donors (Lipinski definition) is 0. The van der Waals surface area contributed by atoms with Crippen LogP contribution in [0.2, 0.25) is 0 Å². The largest absolute Gasteiger partial charge is 0.410 e. The predicted molar refractivity (Wildman–Crippen MR) is 76.5 cm³/mol. The standard InChI is InChI=1S/C15H15F16NO/c16-10(17,4-12(20,21)22)5-33-6-11(18,19)9(15(29,30)31)32-2-7(13(23,24)25)1-8(3-32)14(26,27)28/h7-9H,1-6H2. The summed E-state index contributed by atoms with van der Waals surface area (Å²) in [5, 5.41) is 0. The summed E-state index contributed by atoms with van der Waals surface area (Å²) in [4.78, 5) is -0.809. The minimum Gasteiger partial charge on any atom is -0.369 e. The molecule has 0 saturated carbocycles. The molecule has 1 saturated heterocycles. The molecule has 0 aromatic heterocycles. The van der Waals surface area contributed by atoms with Crippen molar-refractivity contribution in [2.24, 2.45) is 11.8 Å². The lowest BCUT2D eigenvalue weighted by Crippen LogP contribution is -2.63. The van der Waals surface area contributed by atoms with Crippen molar-refractivity contribution in [3.8, 4) is 0 Å². The molecular weight excluding hydrogens is 514 g/mol. The Bertz CT molecular complexity index is 612. The molecule has 2 nitrogen and oxygen atoms in total. The van der Waals surface area contributed by atoms with E-state index in [-0.39, 0.29) is 0 Å². The number of ether oxygens (including phenoxy) is 1. The molecule has 1 heterocycles. The molecule has 1 aliphatic heterocycles. The zero-order chi connectivity index (χ0) is 26.3. The van der Waals surface area contributed by atoms with Crippen molar-refractivity contribution in [2.75, 3.05) is 26.3 Å². The summed E-state index contributed by atoms with van der Waals surface area (Å²) in [5.74, 6) is -16.4. The molecule has 0 amide bonds. The minimum atomic E-state index is -6.16. The van der Waals surface area contributed by atoms with Crippen LogP contribution in [0.15, 0.2) is 0 Å². The fraction of sp³-hybridized carbons (Fsp3) is 1.00. The normalized spacial score (nSPS) is 23.6. The monoisotopic (exact) mass is 529 g/mol. The van der Waals surface area contributed by atoms with Crippen LogP contribution in [0.25, 0.3) is 0 Å². The van der Waals surface area contributed by atoms with E-state index >= 15 is 0 Å². The van der Waals surface area contributed by atoms with Crippen molar-refractivity contribution in [2.45, 2.75) is 55.4 Å². The van der Waals surface area contributed by atoms with Crippen LogP contribution in [0, 0.1) is 11.8 Å². The van der Waals surface area contributed by atoms with Gasteiger partial charge in [0, 0.05) is 13.1 Å². The highest BCUT2D eigenvalue weighted by molar-refractivity contribution is 4.97. The lowest BCUT2D eigenvalue weighted by atomic mass is 9.86. The lowest BCUT2D eigenvalue weighted by Gasteiger charge is -2.45. The molecule has 0 aromatic rings. The maximum absolute atomic E-state index is 14.2. The Hall–Kier alpha value is -1.20. The summed E-state index contributed by atoms with van der Waals surface area (Å²) in [6.45, 7) is -8.91. The van der Waals surface area contributed by atoms with Crippen molar-refractivity contribution in [3.63, 3.8) is 0 Å². The van der Waals surface area contributed by atoms with E-state index in [9.17, 15) is 70.2 Å². The van der Waals surface area contributed by atoms with Gasteiger partial charge in [0.2, 0.25) is 0 Å². The van der Waals surface area contributed by atoms with Crippen LogP contribution in [0.1, 0.15) is 12.8 Å². The van der Waals surface area contributed by atoms with Crippen LogP contribution in [0.3, 0.4) is 0 Å². The highest BCUT2D eigenvalue weighted by Crippen LogP contribution is 2.46. The molecule has 0 aliphatic carbocycles. The molecular formula is C15H15F16NO. The van der Waals surface area contributed by atoms with Crippen molar-refractivity contribution < 1.29 is 75.0 Å². The number of hydrogen-bond acceptors (Lipinski definition) is 2. The first kappa shape index (κ1) is 29.8. The quantitative estimate of drug-likeness (QED) is 0.364. The number of rotatable bonds is 7. The maximum atomic E-state index is 14.2. The molecule has 0 bridgehead atoms. The highest BCUT2D eigenvalue weighted by atomic mass is 19.4. The van der Waals surface area contributed by atoms with Gasteiger partial charge in [-0.1, -0.05) is 0 Å². The molecule has 198 valence electrons. The Morgan fingerprint density at radius 1 is 0.667 bits per heavy atom. The Labute approximate surface area is 174 Å². The van der Waals surface area contributed by atoms with Gasteiger partial charge in [0.15, 0.2) is 6.04 Å². The van der Waals surface area contributed by atoms with E-state index in [0.29, 0.717) is 0 Å². The third-order valence-corrected chi connectivity index (χ3v) is 4.55. The number of nitrogens with zero attached hydrogens (tertiary/aromatic N) is 1. The van der Waals surface area contributed by atoms with E-state index in [1.54, 1.807) is 0 Å². The zero-order valence-corrected chi connectivity index (χ0v) is 15.9. The minimum absolute atomic E-state index is 0.809. The fourth-order valence-corrected chi connectivity index (χ4v) is 3.29. The molecule has 33 heavy (non-hydrogen) atoms. The predicted octanol–water partition coefficient (Wildman–Crippen LogP) is 6.22. The highest BCUT2D eigenvalue weighted by Gasteiger charge is 2.62. The molecule has 0 radical (unpaired) electrons. The van der Waals surface area contributed by atoms with Crippen LogP contribution in [-0.2, 0) is 4.74 Å². The summed E-state index contributed by atoms with van der Waals surface area (Å²) in [6.07, 6.45) is -27.2. The summed E-state index contributed by atoms with van der Waals surface area (Å²) >= 11 is 0. The summed E-state index contributed by atoms with van der Waals surface area (Å²) in [7, 11) is 0. The first-order chi connectivity index (χ1) is 14.4. The van der Waals surface area contributed by atoms with Gasteiger partial charge >= 0.3 is 24.7 Å². The van der Waals surface area contributed by atoms with Crippen LogP contribution in [0.4, 0.5) is 70.2 Å². The van der Waals surface area contributed by atoms with Gasteiger partial charge in [0.1, 0.15) is 19.6 Å². The van der Waals surface area contributed by atoms with Gasteiger partial charge in [-0.05, 0) is 6.42 Å². The topological polar surface area (TPSA) is 12.5 Å². The molecule has 0 N–H and O–H groups in total. The number of piperidine rings is 1. The van der Waals surface area contributed by atoms with E-state index in [1.807, 2.05) is 0 Å². The van der Waals surface area contributed by atoms with Crippen molar-refractivity contribution in [3.05, 3.63) is 0 Å². The van der Waals surface area contributed by atoms with E-state index in [0.717, 1.165) is 0 Å². The number of alkyl halides is 16. The Morgan fingerprint density at radius 2 is 1.09 bits per heavy atom. The van der Waals surface area contributed by atoms with E-state index in [2.05, 4.69) is 4.74 Å². The van der Waals surface area contributed by atoms with Crippen LogP contribution >= 0.6 is 0 Å². The third kappa shape index (κ3) is 9.16. The zero-order valence-electron chi connectivity index (χ0n) is 15.9. The van der Waals surface area contributed by atoms with Gasteiger partial charge in [-0.25, -0.2) is 17.6 Å². The van der Waals surface area contributed by atoms with Crippen LogP contribution in [-0.4, -0.2) is 73.8 Å². The summed E-state index contributed by atoms with van der Waals surface area (Å²) in [6, 6.07) is -4.32. The molecule has 0 aromatic carbocycles. The smallest absolute Gasteiger partial charge is 0.369 e. The van der Waals surface area contributed by atoms with Crippen LogP contribution in [0.5, 0.6) is 0 Å². The molecule has 3 unspecified atom stereocenters. The van der Waals surface area contributed by atoms with Gasteiger partial charge in [-0.2, -0.15) is 52.7 Å². The van der Waals surface area contributed by atoms with Crippen molar-refractivity contribution >= 4 is 0 Å². The van der Waals surface area contributed by atoms with Gasteiger partial charge < -0.3 is 4.74 Å². The lowest BCUT2D eigenvalue weighted by molar-refractivity contribution is -0.288. The second-order valence-corrected chi connectivity index (χ2v) is 7.51. The molecule has 1 rings (SSSR count). The maximum Gasteiger partial charge on any atom is 0.410 e. The molecule has 0 spiro atoms. The number of likely N-dealkylation sites (tertiary alicyclic amines) is 1. The fourth-order valence-electron chi connectivity index (χ4n) is 3.29. The Morgan fingerprint density at radius 3 is 1.42 bits per heavy atom.